The number of hydrogen-bond acceptors (Lipinski definition) is 6. The summed E-state index contributed by atoms with van der Waals surface area (Å²) in [5.41, 5.74) is 0. The van der Waals surface area contributed by atoms with Crippen LogP contribution in [0, 0.1) is 0 Å². The highest BCUT2D eigenvalue weighted by atomic mass is 31.2. The molecule has 370 valence electrons. The molecule has 0 amide bonds. The van der Waals surface area contributed by atoms with Crippen molar-refractivity contribution in [3.05, 3.63) is 122 Å². The van der Waals surface area contributed by atoms with Gasteiger partial charge >= 0.3 is 13.8 Å². The Balaban J connectivity index is 4.27. The lowest BCUT2D eigenvalue weighted by Crippen LogP contribution is -2.37. The van der Waals surface area contributed by atoms with Gasteiger partial charge in [0.1, 0.15) is 19.3 Å². The lowest BCUT2D eigenvalue weighted by Gasteiger charge is -2.24. The Morgan fingerprint density at radius 3 is 1.26 bits per heavy atom. The summed E-state index contributed by atoms with van der Waals surface area (Å²) < 4.78 is 35.1. The molecule has 0 spiro atoms. The van der Waals surface area contributed by atoms with E-state index in [0.29, 0.717) is 24.1 Å². The lowest BCUT2D eigenvalue weighted by molar-refractivity contribution is -0.870. The molecule has 0 rings (SSSR count). The largest absolute Gasteiger partial charge is 0.472 e. The van der Waals surface area contributed by atoms with E-state index in [9.17, 15) is 14.3 Å². The van der Waals surface area contributed by atoms with Crippen molar-refractivity contribution < 1.29 is 37.3 Å². The molecule has 0 aromatic rings. The average molecular weight is 925 g/mol. The van der Waals surface area contributed by atoms with Gasteiger partial charge in [-0.3, -0.25) is 13.8 Å². The molecule has 2 unspecified atom stereocenters. The van der Waals surface area contributed by atoms with E-state index in [1.54, 1.807) is 0 Å². The van der Waals surface area contributed by atoms with Crippen LogP contribution in [0.5, 0.6) is 0 Å². The molecule has 0 saturated heterocycles. The smallest absolute Gasteiger partial charge is 0.457 e. The van der Waals surface area contributed by atoms with Crippen LogP contribution in [0.15, 0.2) is 122 Å². The maximum absolute atomic E-state index is 12.8. The Kier molecular flexibility index (Phi) is 45.1. The van der Waals surface area contributed by atoms with Gasteiger partial charge in [0.2, 0.25) is 0 Å². The highest BCUT2D eigenvalue weighted by molar-refractivity contribution is 7.47. The molecule has 0 fully saturated rings. The zero-order valence-electron chi connectivity index (χ0n) is 41.9. The Morgan fingerprint density at radius 1 is 0.477 bits per heavy atom. The van der Waals surface area contributed by atoms with E-state index in [1.165, 1.54) is 25.7 Å². The van der Waals surface area contributed by atoms with Crippen LogP contribution < -0.4 is 0 Å². The monoisotopic (exact) mass is 925 g/mol. The first kappa shape index (κ1) is 61.9. The Hall–Kier alpha value is -3.10. The molecule has 8 nitrogen and oxygen atoms in total. The Labute approximate surface area is 399 Å². The molecule has 65 heavy (non-hydrogen) atoms. The van der Waals surface area contributed by atoms with Crippen LogP contribution in [0.3, 0.4) is 0 Å². The minimum atomic E-state index is -4.30. The second-order valence-electron chi connectivity index (χ2n) is 17.4. The molecule has 0 aliphatic rings. The molecule has 0 radical (unpaired) electrons. The first-order valence-corrected chi connectivity index (χ1v) is 26.8. The predicted molar refractivity (Wildman–Crippen MR) is 279 cm³/mol. The molecule has 0 aromatic carbocycles. The first-order chi connectivity index (χ1) is 31.6. The summed E-state index contributed by atoms with van der Waals surface area (Å²) in [6.07, 6.45) is 68.1. The number of carbonyl (C=O) groups is 1. The number of nitrogens with zero attached hydrogens (tertiary/aromatic N) is 1. The van der Waals surface area contributed by atoms with Crippen molar-refractivity contribution in [1.29, 1.82) is 0 Å². The number of ether oxygens (including phenoxy) is 2. The number of rotatable bonds is 45. The number of carbonyl (C=O) groups excluding carboxylic acids is 1. The van der Waals surface area contributed by atoms with Gasteiger partial charge in [-0.2, -0.15) is 0 Å². The van der Waals surface area contributed by atoms with Gasteiger partial charge in [-0.1, -0.05) is 180 Å². The fraction of sp³-hybridized carbons (Fsp3) is 0.625. The van der Waals surface area contributed by atoms with Crippen molar-refractivity contribution in [1.82, 2.24) is 0 Å². The zero-order chi connectivity index (χ0) is 47.6. The number of likely N-dealkylation sites (N-methyl/N-ethyl adjacent to an activating group) is 1. The van der Waals surface area contributed by atoms with E-state index in [4.69, 9.17) is 18.5 Å². The number of phosphoric ester groups is 1. The maximum atomic E-state index is 12.8. The van der Waals surface area contributed by atoms with Gasteiger partial charge in [0.25, 0.3) is 0 Å². The number of esters is 1. The molecule has 0 saturated carbocycles. The lowest BCUT2D eigenvalue weighted by atomic mass is 10.1. The minimum absolute atomic E-state index is 0.0735. The Morgan fingerprint density at radius 2 is 0.846 bits per heavy atom. The van der Waals surface area contributed by atoms with Gasteiger partial charge in [-0.05, 0) is 103 Å². The fourth-order valence-corrected chi connectivity index (χ4v) is 6.93. The third-order valence-electron chi connectivity index (χ3n) is 10.0. The summed E-state index contributed by atoms with van der Waals surface area (Å²) in [4.78, 5) is 23.0. The van der Waals surface area contributed by atoms with Crippen molar-refractivity contribution in [3.63, 3.8) is 0 Å². The normalized spacial score (nSPS) is 14.6. The molecule has 0 heterocycles. The molecule has 1 N–H and O–H groups in total. The molecule has 0 bridgehead atoms. The van der Waals surface area contributed by atoms with E-state index in [1.807, 2.05) is 21.1 Å². The van der Waals surface area contributed by atoms with Gasteiger partial charge in [0.15, 0.2) is 0 Å². The van der Waals surface area contributed by atoms with Crippen LogP contribution in [-0.4, -0.2) is 75.6 Å². The van der Waals surface area contributed by atoms with E-state index in [0.717, 1.165) is 122 Å². The highest BCUT2D eigenvalue weighted by Crippen LogP contribution is 2.43. The van der Waals surface area contributed by atoms with Gasteiger partial charge < -0.3 is 18.9 Å². The maximum Gasteiger partial charge on any atom is 0.472 e. The summed E-state index contributed by atoms with van der Waals surface area (Å²) in [6, 6.07) is 0. The van der Waals surface area contributed by atoms with Crippen LogP contribution in [0.2, 0.25) is 0 Å². The summed E-state index contributed by atoms with van der Waals surface area (Å²) in [7, 11) is 1.62. The van der Waals surface area contributed by atoms with Crippen molar-refractivity contribution >= 4 is 13.8 Å². The fourth-order valence-electron chi connectivity index (χ4n) is 6.19. The molecule has 0 aliphatic heterocycles. The molecular formula is C56H95NO7P+. The third kappa shape index (κ3) is 51.7. The average Bonchev–Trinajstić information content (AvgIpc) is 3.27. The van der Waals surface area contributed by atoms with Crippen LogP contribution in [0.25, 0.3) is 0 Å². The second kappa shape index (κ2) is 47.4. The van der Waals surface area contributed by atoms with Crippen LogP contribution in [0.4, 0.5) is 0 Å². The van der Waals surface area contributed by atoms with E-state index >= 15 is 0 Å². The third-order valence-corrected chi connectivity index (χ3v) is 11.0. The molecular weight excluding hydrogens is 830 g/mol. The zero-order valence-corrected chi connectivity index (χ0v) is 42.8. The van der Waals surface area contributed by atoms with Crippen molar-refractivity contribution in [2.45, 2.75) is 174 Å². The van der Waals surface area contributed by atoms with Gasteiger partial charge in [0, 0.05) is 13.0 Å². The summed E-state index contributed by atoms with van der Waals surface area (Å²) >= 11 is 0. The first-order valence-electron chi connectivity index (χ1n) is 25.3. The van der Waals surface area contributed by atoms with Crippen LogP contribution in [-0.2, 0) is 27.9 Å². The van der Waals surface area contributed by atoms with Crippen molar-refractivity contribution in [2.24, 2.45) is 0 Å². The van der Waals surface area contributed by atoms with E-state index < -0.39 is 13.9 Å². The van der Waals surface area contributed by atoms with Gasteiger partial charge in [0.05, 0.1) is 34.4 Å². The standard InChI is InChI=1S/C56H94NO7P/c1-6-8-10-12-14-16-18-20-22-24-26-27-28-29-30-32-34-36-38-40-42-44-46-48-51-61-53-55(54-63-65(59,60)62-52-50-57(3,4)5)64-56(58)49-47-45-43-41-39-37-35-33-31-25-23-21-19-17-15-13-11-9-7-2/h8-11,14-17,20-23,26-27,29-31,33-34,36,55H,6-7,12-13,18-19,24-25,28,32,35,37-54H2,1-5H3/p+1/b10-8-,11-9-,16-14-,17-15-,22-20-,23-21-,27-26-,30-29-,33-31-,36-34-. The van der Waals surface area contributed by atoms with Gasteiger partial charge in [-0.25, -0.2) is 4.57 Å². The Bertz CT molecular complexity index is 1450. The number of unbranched alkanes of at least 4 members (excludes halogenated alkanes) is 11. The number of phosphoric acid groups is 1. The molecule has 2 atom stereocenters. The summed E-state index contributed by atoms with van der Waals surface area (Å²) in [5, 5.41) is 0. The van der Waals surface area contributed by atoms with Gasteiger partial charge in [-0.15, -0.1) is 0 Å². The number of hydrogen-bond donors (Lipinski definition) is 1. The van der Waals surface area contributed by atoms with E-state index in [2.05, 4.69) is 135 Å². The second-order valence-corrected chi connectivity index (χ2v) is 18.9. The SMILES string of the molecule is CC/C=C\C/C=C\C/C=C\C/C=C\C/C=C\C/C=C\CCCCCCCOCC(COP(=O)(O)OCC[N+](C)(C)C)OC(=O)CCCCCCCC/C=C\C/C=C\C/C=C\C/C=C\CC. The van der Waals surface area contributed by atoms with Crippen molar-refractivity contribution in [2.75, 3.05) is 54.1 Å². The minimum Gasteiger partial charge on any atom is -0.457 e. The quantitative estimate of drug-likeness (QED) is 0.0214. The number of allylic oxidation sites excluding steroid dienone is 20. The van der Waals surface area contributed by atoms with Crippen LogP contribution in [0.1, 0.15) is 168 Å². The summed E-state index contributed by atoms with van der Waals surface area (Å²) in [5.74, 6) is -0.341. The van der Waals surface area contributed by atoms with Crippen LogP contribution >= 0.6 is 7.82 Å². The number of quaternary nitrogens is 1. The van der Waals surface area contributed by atoms with Crippen molar-refractivity contribution in [3.8, 4) is 0 Å². The highest BCUT2D eigenvalue weighted by Gasteiger charge is 2.26. The molecule has 0 aliphatic carbocycles. The predicted octanol–water partition coefficient (Wildman–Crippen LogP) is 15.7. The topological polar surface area (TPSA) is 91.3 Å². The molecule has 0 aromatic heterocycles. The molecule has 9 heteroatoms. The van der Waals surface area contributed by atoms with E-state index in [-0.39, 0.29) is 25.8 Å². The summed E-state index contributed by atoms with van der Waals surface area (Å²) in [6.45, 7) is 5.29.